The van der Waals surface area contributed by atoms with Crippen molar-refractivity contribution in [3.63, 3.8) is 0 Å². The summed E-state index contributed by atoms with van der Waals surface area (Å²) in [6, 6.07) is 1.37. The number of nitrogens with one attached hydrogen (secondary N) is 2. The zero-order valence-electron chi connectivity index (χ0n) is 12.9. The standard InChI is InChI=1S/C13H11F3N6O3/c1-21-7-6(8(23)22(2)11(21)25)12(9(24)19-7,13(14,15)16)20-10-17-4-3-5-18-10/h3-5H,1-2H3,(H,19,24)(H,17,18,20)/t12-/m0/s1. The van der Waals surface area contributed by atoms with Gasteiger partial charge in [-0.1, -0.05) is 0 Å². The monoisotopic (exact) mass is 356 g/mol. The highest BCUT2D eigenvalue weighted by Gasteiger charge is 2.68. The summed E-state index contributed by atoms with van der Waals surface area (Å²) in [5.74, 6) is -2.58. The van der Waals surface area contributed by atoms with E-state index in [2.05, 4.69) is 9.97 Å². The number of halogens is 3. The fourth-order valence-electron chi connectivity index (χ4n) is 2.64. The van der Waals surface area contributed by atoms with E-state index in [1.807, 2.05) is 10.6 Å². The molecule has 0 aliphatic carbocycles. The summed E-state index contributed by atoms with van der Waals surface area (Å²) in [4.78, 5) is 43.9. The molecular formula is C13H11F3N6O3. The van der Waals surface area contributed by atoms with E-state index in [4.69, 9.17) is 0 Å². The normalized spacial score (nSPS) is 19.5. The summed E-state index contributed by atoms with van der Waals surface area (Å²) in [6.07, 6.45) is -2.87. The van der Waals surface area contributed by atoms with Crippen LogP contribution in [0.4, 0.5) is 24.9 Å². The van der Waals surface area contributed by atoms with E-state index in [0.717, 1.165) is 18.7 Å². The molecule has 9 nitrogen and oxygen atoms in total. The fraction of sp³-hybridized carbons (Fsp3) is 0.308. The molecule has 0 spiro atoms. The maximum atomic E-state index is 14.0. The first-order chi connectivity index (χ1) is 11.6. The van der Waals surface area contributed by atoms with E-state index in [-0.39, 0.29) is 0 Å². The van der Waals surface area contributed by atoms with Gasteiger partial charge in [-0.15, -0.1) is 0 Å². The number of carbonyl (C=O) groups excluding carboxylic acids is 1. The summed E-state index contributed by atoms with van der Waals surface area (Å²) in [6.45, 7) is 0. The third-order valence-electron chi connectivity index (χ3n) is 3.90. The number of anilines is 2. The molecule has 0 radical (unpaired) electrons. The molecule has 3 heterocycles. The van der Waals surface area contributed by atoms with Gasteiger partial charge in [0.1, 0.15) is 11.4 Å². The Bertz CT molecular complexity index is 981. The van der Waals surface area contributed by atoms with Crippen LogP contribution >= 0.6 is 0 Å². The lowest BCUT2D eigenvalue weighted by atomic mass is 9.92. The molecule has 12 heteroatoms. The van der Waals surface area contributed by atoms with Crippen LogP contribution in [0.3, 0.4) is 0 Å². The zero-order valence-corrected chi connectivity index (χ0v) is 12.9. The Morgan fingerprint density at radius 1 is 1.12 bits per heavy atom. The molecule has 1 atom stereocenters. The Morgan fingerprint density at radius 2 is 1.72 bits per heavy atom. The predicted octanol–water partition coefficient (Wildman–Crippen LogP) is -0.304. The molecule has 0 aromatic carbocycles. The van der Waals surface area contributed by atoms with Gasteiger partial charge in [0.05, 0.1) is 0 Å². The van der Waals surface area contributed by atoms with Gasteiger partial charge in [0, 0.05) is 26.5 Å². The van der Waals surface area contributed by atoms with Crippen molar-refractivity contribution in [3.8, 4) is 0 Å². The Kier molecular flexibility index (Phi) is 3.44. The molecule has 2 aromatic rings. The van der Waals surface area contributed by atoms with Crippen LogP contribution in [0.25, 0.3) is 0 Å². The minimum atomic E-state index is -5.22. The average Bonchev–Trinajstić information content (AvgIpc) is 2.86. The Morgan fingerprint density at radius 3 is 2.28 bits per heavy atom. The van der Waals surface area contributed by atoms with Crippen LogP contribution in [0.2, 0.25) is 0 Å². The molecule has 2 N–H and O–H groups in total. The predicted molar refractivity (Wildman–Crippen MR) is 78.9 cm³/mol. The quantitative estimate of drug-likeness (QED) is 0.764. The Balaban J connectivity index is 2.39. The van der Waals surface area contributed by atoms with Crippen LogP contribution in [-0.2, 0) is 24.4 Å². The number of alkyl halides is 3. The zero-order chi connectivity index (χ0) is 18.6. The maximum Gasteiger partial charge on any atom is 0.425 e. The van der Waals surface area contributed by atoms with Gasteiger partial charge in [0.15, 0.2) is 0 Å². The lowest BCUT2D eigenvalue weighted by Crippen LogP contribution is -2.57. The highest BCUT2D eigenvalue weighted by Crippen LogP contribution is 2.46. The molecule has 1 amide bonds. The van der Waals surface area contributed by atoms with Gasteiger partial charge in [-0.25, -0.2) is 14.8 Å². The Hall–Kier alpha value is -3.18. The topological polar surface area (TPSA) is 111 Å². The first kappa shape index (κ1) is 16.7. The maximum absolute atomic E-state index is 14.0. The van der Waals surface area contributed by atoms with Gasteiger partial charge in [0.2, 0.25) is 5.95 Å². The number of carbonyl (C=O) groups is 1. The molecule has 1 aliphatic heterocycles. The van der Waals surface area contributed by atoms with Gasteiger partial charge < -0.3 is 10.6 Å². The third-order valence-corrected chi connectivity index (χ3v) is 3.90. The SMILES string of the molecule is Cn1c2c(c(=O)n(C)c1=O)[C@@](Nc1ncccn1)(C(F)(F)F)C(=O)N2. The minimum Gasteiger partial charge on any atom is -0.328 e. The lowest BCUT2D eigenvalue weighted by molar-refractivity contribution is -0.184. The van der Waals surface area contributed by atoms with Crippen molar-refractivity contribution in [2.45, 2.75) is 11.7 Å². The third kappa shape index (κ3) is 2.13. The van der Waals surface area contributed by atoms with Crippen LogP contribution in [0.5, 0.6) is 0 Å². The average molecular weight is 356 g/mol. The van der Waals surface area contributed by atoms with Crippen molar-refractivity contribution in [2.24, 2.45) is 14.1 Å². The number of aromatic nitrogens is 4. The van der Waals surface area contributed by atoms with Gasteiger partial charge in [-0.05, 0) is 6.07 Å². The number of fused-ring (bicyclic) bond motifs is 1. The van der Waals surface area contributed by atoms with E-state index < -0.39 is 46.2 Å². The van der Waals surface area contributed by atoms with Gasteiger partial charge in [-0.2, -0.15) is 13.2 Å². The second-order valence-electron chi connectivity index (χ2n) is 5.33. The van der Waals surface area contributed by atoms with Crippen LogP contribution in [0.15, 0.2) is 28.0 Å². The van der Waals surface area contributed by atoms with Crippen molar-refractivity contribution in [2.75, 3.05) is 10.6 Å². The first-order valence-corrected chi connectivity index (χ1v) is 6.85. The number of rotatable bonds is 2. The molecule has 2 aromatic heterocycles. The van der Waals surface area contributed by atoms with E-state index >= 15 is 0 Å². The van der Waals surface area contributed by atoms with E-state index in [1.54, 1.807) is 0 Å². The van der Waals surface area contributed by atoms with E-state index in [1.165, 1.54) is 18.5 Å². The molecule has 3 rings (SSSR count). The van der Waals surface area contributed by atoms with Gasteiger partial charge in [0.25, 0.3) is 17.0 Å². The molecule has 0 unspecified atom stereocenters. The summed E-state index contributed by atoms with van der Waals surface area (Å²) in [7, 11) is 2.17. The van der Waals surface area contributed by atoms with Gasteiger partial charge >= 0.3 is 11.9 Å². The smallest absolute Gasteiger partial charge is 0.328 e. The molecular weight excluding hydrogens is 345 g/mol. The summed E-state index contributed by atoms with van der Waals surface area (Å²) < 4.78 is 43.1. The molecule has 0 saturated carbocycles. The first-order valence-electron chi connectivity index (χ1n) is 6.85. The second-order valence-corrected chi connectivity index (χ2v) is 5.33. The summed E-state index contributed by atoms with van der Waals surface area (Å²) >= 11 is 0. The molecule has 1 aliphatic rings. The second kappa shape index (κ2) is 5.16. The van der Waals surface area contributed by atoms with Crippen molar-refractivity contribution < 1.29 is 18.0 Å². The van der Waals surface area contributed by atoms with E-state index in [9.17, 15) is 27.6 Å². The molecule has 25 heavy (non-hydrogen) atoms. The number of hydrogen-bond donors (Lipinski definition) is 2. The minimum absolute atomic E-state index is 0.493. The number of hydrogen-bond acceptors (Lipinski definition) is 6. The van der Waals surface area contributed by atoms with E-state index in [0.29, 0.717) is 4.57 Å². The lowest BCUT2D eigenvalue weighted by Gasteiger charge is -2.30. The van der Waals surface area contributed by atoms with Gasteiger partial charge in [-0.3, -0.25) is 18.7 Å². The summed E-state index contributed by atoms with van der Waals surface area (Å²) in [5, 5.41) is 3.89. The van der Waals surface area contributed by atoms with Crippen molar-refractivity contribution in [1.82, 2.24) is 19.1 Å². The van der Waals surface area contributed by atoms with Crippen LogP contribution in [-0.4, -0.2) is 31.2 Å². The van der Waals surface area contributed by atoms with Crippen molar-refractivity contribution in [1.29, 1.82) is 0 Å². The number of amides is 1. The van der Waals surface area contributed by atoms with Crippen LogP contribution < -0.4 is 21.9 Å². The molecule has 0 fully saturated rings. The molecule has 0 saturated heterocycles. The highest BCUT2D eigenvalue weighted by molar-refractivity contribution is 6.07. The largest absolute Gasteiger partial charge is 0.425 e. The van der Waals surface area contributed by atoms with Crippen LogP contribution in [0.1, 0.15) is 5.56 Å². The molecule has 132 valence electrons. The molecule has 0 bridgehead atoms. The van der Waals surface area contributed by atoms with Crippen molar-refractivity contribution >= 4 is 17.7 Å². The van der Waals surface area contributed by atoms with Crippen LogP contribution in [0, 0.1) is 0 Å². The Labute approximate surface area is 137 Å². The fourth-order valence-corrected chi connectivity index (χ4v) is 2.64. The highest BCUT2D eigenvalue weighted by atomic mass is 19.4. The summed E-state index contributed by atoms with van der Waals surface area (Å²) in [5.41, 5.74) is -6.50. The van der Waals surface area contributed by atoms with Crippen molar-refractivity contribution in [3.05, 3.63) is 44.9 Å². The number of nitrogens with zero attached hydrogens (tertiary/aromatic N) is 4.